The molecule has 0 aromatic heterocycles. The van der Waals surface area contributed by atoms with Crippen LogP contribution in [0.2, 0.25) is 0 Å². The molecule has 0 fully saturated rings. The van der Waals surface area contributed by atoms with Crippen molar-refractivity contribution in [1.82, 2.24) is 0 Å². The molecule has 10 heteroatoms. The minimum atomic E-state index is -4.40. The maximum Gasteiger partial charge on any atom is 0.472 e. The third-order valence-electron chi connectivity index (χ3n) is 15.1. The second-order valence-corrected chi connectivity index (χ2v) is 24.8. The summed E-state index contributed by atoms with van der Waals surface area (Å²) in [4.78, 5) is 35.4. The second kappa shape index (κ2) is 69.8. The van der Waals surface area contributed by atoms with Gasteiger partial charge in [-0.2, -0.15) is 0 Å². The highest BCUT2D eigenvalue weighted by atomic mass is 31.2. The first-order valence-electron chi connectivity index (χ1n) is 35.4. The van der Waals surface area contributed by atoms with Crippen LogP contribution in [-0.4, -0.2) is 49.3 Å². The van der Waals surface area contributed by atoms with Gasteiger partial charge in [-0.1, -0.05) is 316 Å². The Morgan fingerprint density at radius 1 is 0.365 bits per heavy atom. The normalized spacial score (nSPS) is 13.6. The van der Waals surface area contributed by atoms with Gasteiger partial charge in [0.05, 0.1) is 13.2 Å². The number of hydrogen-bond acceptors (Lipinski definition) is 8. The highest BCUT2D eigenvalue weighted by Gasteiger charge is 2.26. The number of unbranched alkanes of at least 4 members (excludes halogenated alkanes) is 35. The Labute approximate surface area is 524 Å². The molecule has 2 atom stereocenters. The number of nitrogens with two attached hydrogens (primary N) is 1. The number of esters is 2. The van der Waals surface area contributed by atoms with Crippen LogP contribution < -0.4 is 5.73 Å². The fraction of sp³-hybridized carbons (Fsp3) is 0.733. The molecule has 0 saturated carbocycles. The largest absolute Gasteiger partial charge is 0.472 e. The molecule has 0 aromatic carbocycles. The molecule has 0 aliphatic rings. The number of phosphoric ester groups is 1. The molecule has 3 N–H and O–H groups in total. The molecule has 490 valence electrons. The molecule has 0 aliphatic carbocycles. The van der Waals surface area contributed by atoms with Crippen LogP contribution >= 0.6 is 7.82 Å². The van der Waals surface area contributed by atoms with Crippen LogP contribution in [0.3, 0.4) is 0 Å². The van der Waals surface area contributed by atoms with Crippen LogP contribution in [0.25, 0.3) is 0 Å². The van der Waals surface area contributed by atoms with Crippen molar-refractivity contribution in [1.29, 1.82) is 0 Å². The number of carbonyl (C=O) groups excluding carboxylic acids is 2. The molecule has 0 aliphatic heterocycles. The minimum absolute atomic E-state index is 0.0503. The number of allylic oxidation sites excluding steroid dienone is 18. The van der Waals surface area contributed by atoms with Crippen molar-refractivity contribution in [2.75, 3.05) is 26.4 Å². The summed E-state index contributed by atoms with van der Waals surface area (Å²) in [6, 6.07) is 0. The zero-order valence-electron chi connectivity index (χ0n) is 55.1. The lowest BCUT2D eigenvalue weighted by Gasteiger charge is -2.19. The van der Waals surface area contributed by atoms with Crippen molar-refractivity contribution in [2.24, 2.45) is 5.73 Å². The summed E-state index contributed by atoms with van der Waals surface area (Å²) in [6.45, 7) is 3.66. The summed E-state index contributed by atoms with van der Waals surface area (Å²) in [5.74, 6) is -0.822. The molecular weight excluding hydrogens is 1070 g/mol. The lowest BCUT2D eigenvalue weighted by Crippen LogP contribution is -2.29. The van der Waals surface area contributed by atoms with Crippen LogP contribution in [0, 0.1) is 0 Å². The summed E-state index contributed by atoms with van der Waals surface area (Å²) in [6.07, 6.45) is 96.1. The predicted molar refractivity (Wildman–Crippen MR) is 367 cm³/mol. The van der Waals surface area contributed by atoms with Gasteiger partial charge in [-0.15, -0.1) is 0 Å². The van der Waals surface area contributed by atoms with Gasteiger partial charge < -0.3 is 20.1 Å². The Kier molecular flexibility index (Phi) is 67.0. The Hall–Kier alpha value is -3.33. The van der Waals surface area contributed by atoms with E-state index in [4.69, 9.17) is 24.3 Å². The predicted octanol–water partition coefficient (Wildman–Crippen LogP) is 23.3. The first-order valence-corrected chi connectivity index (χ1v) is 36.9. The molecule has 9 nitrogen and oxygen atoms in total. The number of hydrogen-bond donors (Lipinski definition) is 2. The maximum absolute atomic E-state index is 12.8. The Morgan fingerprint density at radius 2 is 0.647 bits per heavy atom. The van der Waals surface area contributed by atoms with Gasteiger partial charge in [0.15, 0.2) is 6.10 Å². The number of rotatable bonds is 66. The SMILES string of the molecule is CC/C=C\C/C=C\C/C=C\C/C=C\C/C=C\C/C=C\C/C=C\C/C=C\CCCCCCCCCCCCCCC(=O)OC(COC(=O)CCCCCCCCCCCCCCCCC/C=C\CCCCCCCCCC)COP(=O)(O)OCCN. The van der Waals surface area contributed by atoms with Gasteiger partial charge in [0.25, 0.3) is 0 Å². The van der Waals surface area contributed by atoms with Crippen molar-refractivity contribution in [2.45, 2.75) is 328 Å². The molecule has 0 spiro atoms. The standard InChI is InChI=1S/C75H132NO8P/c1-3-5-7-9-11-13-15-17-19-21-23-25-27-29-31-32-33-34-35-36-37-38-39-40-42-44-46-48-50-52-54-56-58-60-62-64-66-68-75(78)84-73(72-83-85(79,80)82-70-69-76)71-81-74(77)67-65-63-61-59-57-55-53-51-49-47-45-43-41-30-28-26-24-22-20-18-16-14-12-10-8-6-4-2/h5,7,11,13,17,19,22-25,29,31,33-34,36-37,39-40,73H,3-4,6,8-10,12,14-16,18,20-21,26-28,30,32,35,38,41-72,76H2,1-2H3,(H,79,80)/b7-5-,13-11-,19-17-,24-22-,25-23-,31-29-,34-33-,37-36-,40-39-. The molecule has 0 bridgehead atoms. The van der Waals surface area contributed by atoms with E-state index in [1.807, 2.05) is 0 Å². The molecule has 85 heavy (non-hydrogen) atoms. The molecule has 0 radical (unpaired) electrons. The van der Waals surface area contributed by atoms with Gasteiger partial charge in [0.2, 0.25) is 0 Å². The molecular formula is C75H132NO8P. The highest BCUT2D eigenvalue weighted by Crippen LogP contribution is 2.43. The van der Waals surface area contributed by atoms with E-state index in [0.717, 1.165) is 89.9 Å². The average molecular weight is 1210 g/mol. The number of phosphoric acid groups is 1. The molecule has 0 aromatic rings. The minimum Gasteiger partial charge on any atom is -0.462 e. The Bertz CT molecular complexity index is 1760. The fourth-order valence-corrected chi connectivity index (χ4v) is 10.7. The monoisotopic (exact) mass is 1210 g/mol. The number of carbonyl (C=O) groups is 2. The second-order valence-electron chi connectivity index (χ2n) is 23.4. The van der Waals surface area contributed by atoms with Crippen LogP contribution in [-0.2, 0) is 32.7 Å². The van der Waals surface area contributed by atoms with Crippen LogP contribution in [0.1, 0.15) is 322 Å². The summed E-state index contributed by atoms with van der Waals surface area (Å²) in [5.41, 5.74) is 5.40. The summed E-state index contributed by atoms with van der Waals surface area (Å²) < 4.78 is 33.2. The molecule has 2 unspecified atom stereocenters. The lowest BCUT2D eigenvalue weighted by atomic mass is 10.0. The van der Waals surface area contributed by atoms with Crippen molar-refractivity contribution in [3.05, 3.63) is 109 Å². The zero-order chi connectivity index (χ0) is 61.6. The first-order chi connectivity index (χ1) is 41.8. The average Bonchev–Trinajstić information content (AvgIpc) is 3.52. The molecule has 0 rings (SSSR count). The van der Waals surface area contributed by atoms with Gasteiger partial charge >= 0.3 is 19.8 Å². The van der Waals surface area contributed by atoms with Crippen LogP contribution in [0.5, 0.6) is 0 Å². The van der Waals surface area contributed by atoms with E-state index in [0.29, 0.717) is 6.42 Å². The topological polar surface area (TPSA) is 134 Å². The van der Waals surface area contributed by atoms with Crippen LogP contribution in [0.4, 0.5) is 0 Å². The summed E-state index contributed by atoms with van der Waals surface area (Å²) in [5, 5.41) is 0. The third kappa shape index (κ3) is 69.6. The third-order valence-corrected chi connectivity index (χ3v) is 16.1. The fourth-order valence-electron chi connectivity index (χ4n) is 9.94. The van der Waals surface area contributed by atoms with Crippen molar-refractivity contribution >= 4 is 19.8 Å². The molecule has 0 amide bonds. The smallest absolute Gasteiger partial charge is 0.462 e. The molecule has 0 heterocycles. The van der Waals surface area contributed by atoms with E-state index in [-0.39, 0.29) is 38.6 Å². The Balaban J connectivity index is 3.90. The summed E-state index contributed by atoms with van der Waals surface area (Å²) >= 11 is 0. The highest BCUT2D eigenvalue weighted by molar-refractivity contribution is 7.47. The van der Waals surface area contributed by atoms with Gasteiger partial charge in [0, 0.05) is 19.4 Å². The van der Waals surface area contributed by atoms with Crippen LogP contribution in [0.15, 0.2) is 109 Å². The zero-order valence-corrected chi connectivity index (χ0v) is 56.0. The van der Waals surface area contributed by atoms with Crippen molar-refractivity contribution < 1.29 is 37.6 Å². The number of ether oxygens (including phenoxy) is 2. The van der Waals surface area contributed by atoms with Gasteiger partial charge in [-0.25, -0.2) is 4.57 Å². The lowest BCUT2D eigenvalue weighted by molar-refractivity contribution is -0.161. The van der Waals surface area contributed by atoms with E-state index < -0.39 is 26.5 Å². The Morgan fingerprint density at radius 3 is 0.976 bits per heavy atom. The maximum atomic E-state index is 12.8. The van der Waals surface area contributed by atoms with Crippen molar-refractivity contribution in [3.8, 4) is 0 Å². The van der Waals surface area contributed by atoms with Gasteiger partial charge in [-0.05, 0) is 103 Å². The van der Waals surface area contributed by atoms with Gasteiger partial charge in [-0.3, -0.25) is 18.6 Å². The van der Waals surface area contributed by atoms with E-state index in [2.05, 4.69) is 123 Å². The van der Waals surface area contributed by atoms with Crippen molar-refractivity contribution in [3.63, 3.8) is 0 Å². The van der Waals surface area contributed by atoms with E-state index in [1.165, 1.54) is 199 Å². The van der Waals surface area contributed by atoms with E-state index in [9.17, 15) is 19.0 Å². The van der Waals surface area contributed by atoms with Gasteiger partial charge in [0.1, 0.15) is 6.61 Å². The van der Waals surface area contributed by atoms with E-state index >= 15 is 0 Å². The van der Waals surface area contributed by atoms with E-state index in [1.54, 1.807) is 0 Å². The summed E-state index contributed by atoms with van der Waals surface area (Å²) in [7, 11) is -4.40. The first kappa shape index (κ1) is 81.7. The molecule has 0 saturated heterocycles. The quantitative estimate of drug-likeness (QED) is 0.0264.